The predicted octanol–water partition coefficient (Wildman–Crippen LogP) is 1.64. The van der Waals surface area contributed by atoms with E-state index in [1.54, 1.807) is 0 Å². The van der Waals surface area contributed by atoms with Crippen LogP contribution in [0, 0.1) is 5.41 Å². The molecule has 86 valence electrons. The summed E-state index contributed by atoms with van der Waals surface area (Å²) in [5.41, 5.74) is 0.205. The van der Waals surface area contributed by atoms with Gasteiger partial charge in [0.05, 0.1) is 6.54 Å². The molecule has 0 saturated carbocycles. The third-order valence-corrected chi connectivity index (χ3v) is 1.76. The summed E-state index contributed by atoms with van der Waals surface area (Å²) >= 11 is 0. The Hall–Kier alpha value is -1.10. The third kappa shape index (κ3) is 4.78. The molecule has 2 N–H and O–H groups in total. The lowest BCUT2D eigenvalue weighted by molar-refractivity contribution is 0.427. The second kappa shape index (κ2) is 5.11. The van der Waals surface area contributed by atoms with Crippen LogP contribution in [0.2, 0.25) is 0 Å². The topological polar surface area (TPSA) is 63.0 Å². The van der Waals surface area contributed by atoms with Gasteiger partial charge < -0.3 is 15.1 Å². The Morgan fingerprint density at radius 2 is 2.00 bits per heavy atom. The van der Waals surface area contributed by atoms with Gasteiger partial charge >= 0.3 is 6.01 Å². The first-order valence-electron chi connectivity index (χ1n) is 5.28. The normalized spacial score (nSPS) is 11.7. The average Bonchev–Trinajstić information content (AvgIpc) is 2.58. The van der Waals surface area contributed by atoms with Crippen LogP contribution >= 0.6 is 0 Å². The van der Waals surface area contributed by atoms with Crippen molar-refractivity contribution in [3.05, 3.63) is 5.89 Å². The molecular formula is C10H20N4O. The third-order valence-electron chi connectivity index (χ3n) is 1.76. The number of hydrogen-bond acceptors (Lipinski definition) is 5. The van der Waals surface area contributed by atoms with Gasteiger partial charge in [-0.25, -0.2) is 0 Å². The van der Waals surface area contributed by atoms with Crippen molar-refractivity contribution in [3.8, 4) is 0 Å². The van der Waals surface area contributed by atoms with Crippen molar-refractivity contribution in [2.24, 2.45) is 5.41 Å². The molecule has 0 fully saturated rings. The van der Waals surface area contributed by atoms with Crippen molar-refractivity contribution in [1.29, 1.82) is 0 Å². The van der Waals surface area contributed by atoms with Crippen LogP contribution < -0.4 is 10.6 Å². The Bertz CT molecular complexity index is 290. The summed E-state index contributed by atoms with van der Waals surface area (Å²) in [4.78, 5) is 0. The zero-order chi connectivity index (χ0) is 11.3. The van der Waals surface area contributed by atoms with E-state index in [0.29, 0.717) is 18.5 Å². The molecule has 0 spiro atoms. The Labute approximate surface area is 90.7 Å². The second-order valence-corrected chi connectivity index (χ2v) is 4.70. The zero-order valence-electron chi connectivity index (χ0n) is 9.92. The summed E-state index contributed by atoms with van der Waals surface area (Å²) in [6, 6.07) is 0.498. The van der Waals surface area contributed by atoms with E-state index in [0.717, 1.165) is 13.1 Å². The highest BCUT2D eigenvalue weighted by Crippen LogP contribution is 2.14. The Morgan fingerprint density at radius 3 is 2.60 bits per heavy atom. The van der Waals surface area contributed by atoms with Crippen molar-refractivity contribution in [2.75, 3.05) is 18.4 Å². The van der Waals surface area contributed by atoms with Crippen molar-refractivity contribution in [2.45, 2.75) is 34.2 Å². The van der Waals surface area contributed by atoms with Crippen LogP contribution in [0.4, 0.5) is 6.01 Å². The first-order chi connectivity index (χ1) is 7.01. The van der Waals surface area contributed by atoms with Crippen LogP contribution in [-0.4, -0.2) is 23.3 Å². The summed E-state index contributed by atoms with van der Waals surface area (Å²) in [6.45, 7) is 10.8. The van der Waals surface area contributed by atoms with Gasteiger partial charge in [-0.1, -0.05) is 32.8 Å². The molecule has 5 heteroatoms. The van der Waals surface area contributed by atoms with Crippen LogP contribution in [0.1, 0.15) is 33.6 Å². The summed E-state index contributed by atoms with van der Waals surface area (Å²) in [5, 5.41) is 14.1. The van der Waals surface area contributed by atoms with Crippen LogP contribution in [-0.2, 0) is 6.54 Å². The van der Waals surface area contributed by atoms with Crippen molar-refractivity contribution in [3.63, 3.8) is 0 Å². The first-order valence-corrected chi connectivity index (χ1v) is 5.28. The molecule has 0 amide bonds. The van der Waals surface area contributed by atoms with Gasteiger partial charge in [0.2, 0.25) is 5.89 Å². The van der Waals surface area contributed by atoms with Gasteiger partial charge in [0.1, 0.15) is 0 Å². The molecule has 0 bridgehead atoms. The number of rotatable bonds is 5. The molecule has 1 rings (SSSR count). The van der Waals surface area contributed by atoms with E-state index in [9.17, 15) is 0 Å². The summed E-state index contributed by atoms with van der Waals surface area (Å²) in [6.07, 6.45) is 0. The molecule has 1 heterocycles. The molecule has 0 aliphatic carbocycles. The van der Waals surface area contributed by atoms with E-state index in [2.05, 4.69) is 41.6 Å². The lowest BCUT2D eigenvalue weighted by Gasteiger charge is -2.17. The minimum Gasteiger partial charge on any atom is -0.407 e. The lowest BCUT2D eigenvalue weighted by Crippen LogP contribution is -2.19. The minimum absolute atomic E-state index is 0.205. The molecule has 0 radical (unpaired) electrons. The van der Waals surface area contributed by atoms with Crippen molar-refractivity contribution >= 4 is 6.01 Å². The Balaban J connectivity index is 2.39. The standard InChI is InChI=1S/C10H20N4O/c1-5-11-6-8-13-14-9(15-8)12-7-10(2,3)4/h11H,5-7H2,1-4H3,(H,12,14). The average molecular weight is 212 g/mol. The molecule has 0 aliphatic rings. The van der Waals surface area contributed by atoms with Crippen molar-refractivity contribution in [1.82, 2.24) is 15.5 Å². The SMILES string of the molecule is CCNCc1nnc(NCC(C)(C)C)o1. The number of nitrogens with one attached hydrogen (secondary N) is 2. The molecule has 0 atom stereocenters. The second-order valence-electron chi connectivity index (χ2n) is 4.70. The number of aromatic nitrogens is 2. The smallest absolute Gasteiger partial charge is 0.315 e. The van der Waals surface area contributed by atoms with E-state index in [1.807, 2.05) is 6.92 Å². The van der Waals surface area contributed by atoms with Crippen LogP contribution in [0.5, 0.6) is 0 Å². The zero-order valence-corrected chi connectivity index (χ0v) is 9.92. The minimum atomic E-state index is 0.205. The molecule has 15 heavy (non-hydrogen) atoms. The van der Waals surface area contributed by atoms with Crippen LogP contribution in [0.3, 0.4) is 0 Å². The molecule has 1 aromatic heterocycles. The van der Waals surface area contributed by atoms with E-state index in [4.69, 9.17) is 4.42 Å². The fraction of sp³-hybridized carbons (Fsp3) is 0.800. The number of hydrogen-bond donors (Lipinski definition) is 2. The highest BCUT2D eigenvalue weighted by molar-refractivity contribution is 5.17. The molecule has 0 aromatic carbocycles. The maximum absolute atomic E-state index is 5.39. The maximum atomic E-state index is 5.39. The monoisotopic (exact) mass is 212 g/mol. The molecule has 0 unspecified atom stereocenters. The van der Waals surface area contributed by atoms with Gasteiger partial charge in [0, 0.05) is 6.54 Å². The van der Waals surface area contributed by atoms with E-state index < -0.39 is 0 Å². The van der Waals surface area contributed by atoms with Crippen LogP contribution in [0.25, 0.3) is 0 Å². The van der Waals surface area contributed by atoms with E-state index >= 15 is 0 Å². The van der Waals surface area contributed by atoms with Gasteiger partial charge in [-0.3, -0.25) is 0 Å². The molecule has 0 aliphatic heterocycles. The fourth-order valence-electron chi connectivity index (χ4n) is 0.969. The van der Waals surface area contributed by atoms with Gasteiger partial charge in [-0.15, -0.1) is 5.10 Å². The predicted molar refractivity (Wildman–Crippen MR) is 59.6 cm³/mol. The highest BCUT2D eigenvalue weighted by atomic mass is 16.4. The number of anilines is 1. The number of nitrogens with zero attached hydrogens (tertiary/aromatic N) is 2. The lowest BCUT2D eigenvalue weighted by atomic mass is 9.97. The molecule has 0 saturated heterocycles. The highest BCUT2D eigenvalue weighted by Gasteiger charge is 2.12. The quantitative estimate of drug-likeness (QED) is 0.776. The Kier molecular flexibility index (Phi) is 4.08. The maximum Gasteiger partial charge on any atom is 0.315 e. The largest absolute Gasteiger partial charge is 0.407 e. The summed E-state index contributed by atoms with van der Waals surface area (Å²) < 4.78 is 5.39. The van der Waals surface area contributed by atoms with Gasteiger partial charge in [-0.2, -0.15) is 0 Å². The summed E-state index contributed by atoms with van der Waals surface area (Å²) in [5.74, 6) is 0.619. The molecule has 1 aromatic rings. The van der Waals surface area contributed by atoms with Gasteiger partial charge in [-0.05, 0) is 12.0 Å². The van der Waals surface area contributed by atoms with Gasteiger partial charge in [0.15, 0.2) is 0 Å². The summed E-state index contributed by atoms with van der Waals surface area (Å²) in [7, 11) is 0. The van der Waals surface area contributed by atoms with E-state index in [-0.39, 0.29) is 5.41 Å². The van der Waals surface area contributed by atoms with Crippen LogP contribution in [0.15, 0.2) is 4.42 Å². The van der Waals surface area contributed by atoms with Crippen molar-refractivity contribution < 1.29 is 4.42 Å². The molecule has 5 nitrogen and oxygen atoms in total. The van der Waals surface area contributed by atoms with Gasteiger partial charge in [0.25, 0.3) is 0 Å². The van der Waals surface area contributed by atoms with E-state index in [1.165, 1.54) is 0 Å². The molecular weight excluding hydrogens is 192 g/mol. The Morgan fingerprint density at radius 1 is 1.27 bits per heavy atom. The first kappa shape index (κ1) is 12.0. The fourth-order valence-corrected chi connectivity index (χ4v) is 0.969.